The van der Waals surface area contributed by atoms with Crippen molar-refractivity contribution in [1.82, 2.24) is 19.5 Å². The standard InChI is InChI=1S/C24H25N7O2/c1-23(6-4-14-2-3-15-11-16(12-25)19(26)30-18(15)10-14)7-8-24(33,22(23)32)31-9-5-17-20(27)28-13-29-21(17)31/h2-3,5,9-11,13,22,32-33H,4,6-8H2,1H3,(H2,26,30)(H2,27,28,29)/t22-,23+,24-/m1/s1. The van der Waals surface area contributed by atoms with Crippen LogP contribution in [0.15, 0.2) is 42.9 Å². The number of rotatable bonds is 4. The highest BCUT2D eigenvalue weighted by Gasteiger charge is 2.54. The Kier molecular flexibility index (Phi) is 4.74. The summed E-state index contributed by atoms with van der Waals surface area (Å²) in [6.07, 6.45) is 4.48. The number of benzene rings is 1. The van der Waals surface area contributed by atoms with Crippen LogP contribution in [0, 0.1) is 16.7 Å². The molecule has 0 unspecified atom stereocenters. The third-order valence-corrected chi connectivity index (χ3v) is 7.11. The molecule has 1 aliphatic rings. The molecule has 0 radical (unpaired) electrons. The Labute approximate surface area is 190 Å². The van der Waals surface area contributed by atoms with Gasteiger partial charge in [-0.3, -0.25) is 0 Å². The van der Waals surface area contributed by atoms with Crippen LogP contribution in [-0.4, -0.2) is 35.8 Å². The molecular weight excluding hydrogens is 418 g/mol. The Bertz CT molecular complexity index is 1430. The molecule has 4 aromatic rings. The lowest BCUT2D eigenvalue weighted by Crippen LogP contribution is -2.46. The zero-order chi connectivity index (χ0) is 23.4. The van der Waals surface area contributed by atoms with Crippen LogP contribution in [0.3, 0.4) is 0 Å². The molecule has 9 nitrogen and oxygen atoms in total. The second kappa shape index (κ2) is 7.40. The van der Waals surface area contributed by atoms with Gasteiger partial charge in [0, 0.05) is 11.6 Å². The van der Waals surface area contributed by atoms with E-state index in [1.54, 1.807) is 22.9 Å². The van der Waals surface area contributed by atoms with Crippen LogP contribution >= 0.6 is 0 Å². The quantitative estimate of drug-likeness (QED) is 0.374. The lowest BCUT2D eigenvalue weighted by Gasteiger charge is -2.36. The Morgan fingerprint density at radius 3 is 2.79 bits per heavy atom. The van der Waals surface area contributed by atoms with Gasteiger partial charge < -0.3 is 26.2 Å². The van der Waals surface area contributed by atoms with E-state index < -0.39 is 17.2 Å². The second-order valence-corrected chi connectivity index (χ2v) is 9.18. The number of pyridine rings is 1. The summed E-state index contributed by atoms with van der Waals surface area (Å²) >= 11 is 0. The van der Waals surface area contributed by atoms with Crippen LogP contribution in [-0.2, 0) is 12.1 Å². The first kappa shape index (κ1) is 21.1. The number of anilines is 2. The van der Waals surface area contributed by atoms with E-state index in [0.29, 0.717) is 48.1 Å². The van der Waals surface area contributed by atoms with E-state index in [4.69, 9.17) is 16.7 Å². The average molecular weight is 444 g/mol. The Morgan fingerprint density at radius 1 is 1.18 bits per heavy atom. The van der Waals surface area contributed by atoms with Crippen molar-refractivity contribution in [1.29, 1.82) is 5.26 Å². The van der Waals surface area contributed by atoms with Gasteiger partial charge in [-0.15, -0.1) is 0 Å². The van der Waals surface area contributed by atoms with Gasteiger partial charge in [0.2, 0.25) is 0 Å². The van der Waals surface area contributed by atoms with Crippen LogP contribution in [0.1, 0.15) is 37.3 Å². The fraction of sp³-hybridized carbons (Fsp3) is 0.333. The summed E-state index contributed by atoms with van der Waals surface area (Å²) in [7, 11) is 0. The Morgan fingerprint density at radius 2 is 2.00 bits per heavy atom. The molecule has 5 rings (SSSR count). The summed E-state index contributed by atoms with van der Waals surface area (Å²) in [6.45, 7) is 2.00. The van der Waals surface area contributed by atoms with Gasteiger partial charge in [-0.25, -0.2) is 15.0 Å². The van der Waals surface area contributed by atoms with E-state index in [0.717, 1.165) is 16.5 Å². The molecule has 0 saturated heterocycles. The summed E-state index contributed by atoms with van der Waals surface area (Å²) in [5.41, 5.74) is 12.5. The Hall–Kier alpha value is -3.74. The van der Waals surface area contributed by atoms with Gasteiger partial charge in [-0.1, -0.05) is 19.1 Å². The van der Waals surface area contributed by atoms with Crippen LogP contribution in [0.25, 0.3) is 21.9 Å². The van der Waals surface area contributed by atoms with Crippen LogP contribution in [0.2, 0.25) is 0 Å². The monoisotopic (exact) mass is 443 g/mol. The normalized spacial score (nSPS) is 25.0. The molecular formula is C24H25N7O2. The van der Waals surface area contributed by atoms with Gasteiger partial charge in [0.1, 0.15) is 35.8 Å². The minimum atomic E-state index is -1.48. The fourth-order valence-electron chi connectivity index (χ4n) is 5.00. The number of aryl methyl sites for hydroxylation is 1. The number of aliphatic hydroxyl groups is 2. The van der Waals surface area contributed by atoms with Gasteiger partial charge in [0.05, 0.1) is 16.5 Å². The molecule has 3 atom stereocenters. The SMILES string of the molecule is C[C@]1(CCc2ccc3cc(C#N)c(N)nc3c2)CC[C@](O)(n2ccc3c(N)ncnc32)[C@@H]1O. The van der Waals surface area contributed by atoms with Gasteiger partial charge in [0.25, 0.3) is 0 Å². The van der Waals surface area contributed by atoms with Crippen molar-refractivity contribution in [2.24, 2.45) is 5.41 Å². The average Bonchev–Trinajstić information content (AvgIpc) is 3.35. The lowest BCUT2D eigenvalue weighted by atomic mass is 9.79. The van der Waals surface area contributed by atoms with E-state index in [1.165, 1.54) is 6.33 Å². The predicted molar refractivity (Wildman–Crippen MR) is 125 cm³/mol. The first-order chi connectivity index (χ1) is 15.7. The molecule has 1 saturated carbocycles. The lowest BCUT2D eigenvalue weighted by molar-refractivity contribution is -0.140. The molecule has 1 aliphatic carbocycles. The molecule has 1 fully saturated rings. The summed E-state index contributed by atoms with van der Waals surface area (Å²) in [5.74, 6) is 0.554. The van der Waals surface area contributed by atoms with Gasteiger partial charge in [0.15, 0.2) is 5.72 Å². The number of fused-ring (bicyclic) bond motifs is 2. The molecule has 0 bridgehead atoms. The highest BCUT2D eigenvalue weighted by Crippen LogP contribution is 2.50. The molecule has 168 valence electrons. The zero-order valence-electron chi connectivity index (χ0n) is 18.2. The maximum absolute atomic E-state index is 11.5. The molecule has 0 spiro atoms. The maximum Gasteiger partial charge on any atom is 0.169 e. The van der Waals surface area contributed by atoms with E-state index in [-0.39, 0.29) is 5.82 Å². The Balaban J connectivity index is 1.39. The third kappa shape index (κ3) is 3.26. The van der Waals surface area contributed by atoms with Gasteiger partial charge >= 0.3 is 0 Å². The number of hydrogen-bond acceptors (Lipinski definition) is 8. The van der Waals surface area contributed by atoms with E-state index in [2.05, 4.69) is 21.0 Å². The highest BCUT2D eigenvalue weighted by molar-refractivity contribution is 5.86. The maximum atomic E-state index is 11.5. The van der Waals surface area contributed by atoms with E-state index in [1.807, 2.05) is 25.1 Å². The topological polar surface area (TPSA) is 160 Å². The second-order valence-electron chi connectivity index (χ2n) is 9.18. The van der Waals surface area contributed by atoms with Crippen molar-refractivity contribution in [3.8, 4) is 6.07 Å². The van der Waals surface area contributed by atoms with Crippen molar-refractivity contribution < 1.29 is 10.2 Å². The number of aromatic nitrogens is 4. The summed E-state index contributed by atoms with van der Waals surface area (Å²) in [4.78, 5) is 12.6. The number of nitrogens with two attached hydrogens (primary N) is 2. The largest absolute Gasteiger partial charge is 0.388 e. The smallest absolute Gasteiger partial charge is 0.169 e. The highest BCUT2D eigenvalue weighted by atomic mass is 16.4. The third-order valence-electron chi connectivity index (χ3n) is 7.11. The predicted octanol–water partition coefficient (Wildman–Crippen LogP) is 2.45. The van der Waals surface area contributed by atoms with Gasteiger partial charge in [-0.05, 0) is 54.9 Å². The fourth-order valence-corrected chi connectivity index (χ4v) is 5.00. The van der Waals surface area contributed by atoms with E-state index in [9.17, 15) is 10.2 Å². The van der Waals surface area contributed by atoms with Crippen molar-refractivity contribution >= 4 is 33.6 Å². The van der Waals surface area contributed by atoms with Crippen LogP contribution in [0.4, 0.5) is 11.6 Å². The van der Waals surface area contributed by atoms with E-state index >= 15 is 0 Å². The number of nitriles is 1. The minimum absolute atomic E-state index is 0.216. The zero-order valence-corrected chi connectivity index (χ0v) is 18.2. The molecule has 0 aliphatic heterocycles. The molecule has 3 heterocycles. The minimum Gasteiger partial charge on any atom is -0.388 e. The summed E-state index contributed by atoms with van der Waals surface area (Å²) in [6, 6.07) is 11.4. The first-order valence-corrected chi connectivity index (χ1v) is 10.8. The molecule has 33 heavy (non-hydrogen) atoms. The molecule has 1 aromatic carbocycles. The number of hydrogen-bond donors (Lipinski definition) is 4. The van der Waals surface area contributed by atoms with Crippen LogP contribution in [0.5, 0.6) is 0 Å². The number of nitrogen functional groups attached to an aromatic ring is 2. The van der Waals surface area contributed by atoms with Crippen molar-refractivity contribution in [3.63, 3.8) is 0 Å². The van der Waals surface area contributed by atoms with Crippen molar-refractivity contribution in [2.45, 2.75) is 44.4 Å². The summed E-state index contributed by atoms with van der Waals surface area (Å²) in [5, 5.41) is 33.5. The van der Waals surface area contributed by atoms with Crippen molar-refractivity contribution in [2.75, 3.05) is 11.5 Å². The number of nitrogens with zero attached hydrogens (tertiary/aromatic N) is 5. The molecule has 3 aromatic heterocycles. The van der Waals surface area contributed by atoms with Gasteiger partial charge in [-0.2, -0.15) is 5.26 Å². The molecule has 6 N–H and O–H groups in total. The number of aliphatic hydroxyl groups excluding tert-OH is 1. The van der Waals surface area contributed by atoms with Crippen LogP contribution < -0.4 is 11.5 Å². The molecule has 9 heteroatoms. The van der Waals surface area contributed by atoms with Crippen molar-refractivity contribution in [3.05, 3.63) is 54.0 Å². The molecule has 0 amide bonds. The summed E-state index contributed by atoms with van der Waals surface area (Å²) < 4.78 is 1.62. The first-order valence-electron chi connectivity index (χ1n) is 10.8.